The predicted molar refractivity (Wildman–Crippen MR) is 140 cm³/mol. The monoisotopic (exact) mass is 530 g/mol. The minimum absolute atomic E-state index is 0. The smallest absolute Gasteiger partial charge is 0.182 e. The van der Waals surface area contributed by atoms with Gasteiger partial charge >= 0.3 is 0 Å². The van der Waals surface area contributed by atoms with Crippen molar-refractivity contribution in [2.45, 2.75) is 46.1 Å². The summed E-state index contributed by atoms with van der Waals surface area (Å²) in [7, 11) is 1.69. The molecule has 1 aromatic carbocycles. The molecule has 34 heavy (non-hydrogen) atoms. The highest BCUT2D eigenvalue weighted by molar-refractivity contribution is 8.93. The number of aryl methyl sites for hydroxylation is 1. The van der Waals surface area contributed by atoms with Gasteiger partial charge < -0.3 is 19.3 Å². The summed E-state index contributed by atoms with van der Waals surface area (Å²) in [6, 6.07) is 7.94. The second-order valence-electron chi connectivity index (χ2n) is 9.72. The number of rotatable bonds is 6. The fourth-order valence-corrected chi connectivity index (χ4v) is 4.48. The molecular weight excluding hydrogens is 496 g/mol. The summed E-state index contributed by atoms with van der Waals surface area (Å²) < 4.78 is 11.4. The van der Waals surface area contributed by atoms with Crippen LogP contribution in [0.4, 0.5) is 5.69 Å². The number of amidine groups is 1. The Labute approximate surface area is 212 Å². The highest BCUT2D eigenvalue weighted by atomic mass is 79.9. The molecule has 0 bridgehead atoms. The summed E-state index contributed by atoms with van der Waals surface area (Å²) in [5.74, 6) is 1.14. The van der Waals surface area contributed by atoms with E-state index in [2.05, 4.69) is 37.6 Å². The number of halogens is 1. The van der Waals surface area contributed by atoms with Gasteiger partial charge in [0.1, 0.15) is 17.3 Å². The van der Waals surface area contributed by atoms with Crippen LogP contribution in [0.5, 0.6) is 5.75 Å². The molecule has 7 nitrogen and oxygen atoms in total. The number of ether oxygens (including phenoxy) is 2. The minimum atomic E-state index is -0.195. The lowest BCUT2D eigenvalue weighted by molar-refractivity contribution is 0.0962. The van der Waals surface area contributed by atoms with Crippen molar-refractivity contribution in [3.8, 4) is 5.75 Å². The van der Waals surface area contributed by atoms with E-state index in [0.29, 0.717) is 36.9 Å². The van der Waals surface area contributed by atoms with Gasteiger partial charge in [0.15, 0.2) is 5.78 Å². The third kappa shape index (κ3) is 5.13. The highest BCUT2D eigenvalue weighted by Crippen LogP contribution is 2.40. The van der Waals surface area contributed by atoms with Crippen LogP contribution in [0.1, 0.15) is 60.6 Å². The Morgan fingerprint density at radius 3 is 2.53 bits per heavy atom. The fraction of sp³-hybridized carbons (Fsp3) is 0.500. The van der Waals surface area contributed by atoms with E-state index >= 15 is 0 Å². The third-order valence-electron chi connectivity index (χ3n) is 6.39. The lowest BCUT2D eigenvalue weighted by Crippen LogP contribution is -2.37. The quantitative estimate of drug-likeness (QED) is 0.558. The molecule has 2 aromatic rings. The average Bonchev–Trinajstić information content (AvgIpc) is 3.12. The molecule has 0 radical (unpaired) electrons. The Kier molecular flexibility index (Phi) is 8.03. The van der Waals surface area contributed by atoms with Crippen molar-refractivity contribution in [3.63, 3.8) is 0 Å². The van der Waals surface area contributed by atoms with Crippen LogP contribution in [-0.4, -0.2) is 61.5 Å². The summed E-state index contributed by atoms with van der Waals surface area (Å²) >= 11 is 0. The van der Waals surface area contributed by atoms with Crippen LogP contribution < -0.4 is 9.64 Å². The van der Waals surface area contributed by atoms with Gasteiger partial charge in [-0.1, -0.05) is 33.8 Å². The van der Waals surface area contributed by atoms with Crippen LogP contribution >= 0.6 is 17.0 Å². The number of fused-ring (bicyclic) bond motifs is 1. The summed E-state index contributed by atoms with van der Waals surface area (Å²) in [5, 5.41) is 8.59. The van der Waals surface area contributed by atoms with Gasteiger partial charge in [0.25, 0.3) is 0 Å². The standard InChI is InChI=1S/C26H34N4O3.BrH/c1-6-19-8-7-17-15-30(25(27)23(17)28-19)16-22(31)18-13-20(26(2,3)4)24(32-5)21(14-18)29-9-11-33-12-10-29;/h7-8,13-14,27H,6,9-12,15-16H2,1-5H3;1H. The molecule has 0 saturated carbocycles. The molecule has 2 aliphatic heterocycles. The van der Waals surface area contributed by atoms with E-state index in [9.17, 15) is 4.79 Å². The molecule has 1 saturated heterocycles. The first-order chi connectivity index (χ1) is 15.7. The number of benzene rings is 1. The van der Waals surface area contributed by atoms with E-state index in [0.717, 1.165) is 47.8 Å². The van der Waals surface area contributed by atoms with Crippen LogP contribution in [-0.2, 0) is 23.1 Å². The highest BCUT2D eigenvalue weighted by Gasteiger charge is 2.30. The third-order valence-corrected chi connectivity index (χ3v) is 6.39. The zero-order chi connectivity index (χ0) is 23.8. The fourth-order valence-electron chi connectivity index (χ4n) is 4.48. The average molecular weight is 531 g/mol. The van der Waals surface area contributed by atoms with E-state index in [4.69, 9.17) is 14.9 Å². The van der Waals surface area contributed by atoms with Crippen LogP contribution in [0, 0.1) is 5.41 Å². The van der Waals surface area contributed by atoms with Crippen LogP contribution in [0.2, 0.25) is 0 Å². The molecule has 1 aromatic heterocycles. The molecule has 0 atom stereocenters. The molecular formula is C26H35BrN4O3. The summed E-state index contributed by atoms with van der Waals surface area (Å²) in [6.45, 7) is 12.0. The number of nitrogens with one attached hydrogen (secondary N) is 1. The van der Waals surface area contributed by atoms with Crippen LogP contribution in [0.15, 0.2) is 24.3 Å². The number of carbonyl (C=O) groups is 1. The van der Waals surface area contributed by atoms with Crippen molar-refractivity contribution in [1.82, 2.24) is 9.88 Å². The topological polar surface area (TPSA) is 78.8 Å². The van der Waals surface area contributed by atoms with Gasteiger partial charge in [-0.2, -0.15) is 0 Å². The van der Waals surface area contributed by atoms with Gasteiger partial charge in [0.05, 0.1) is 32.6 Å². The number of Topliss-reactive ketones (excluding diaryl/α,β-unsaturated/α-hetero) is 1. The summed E-state index contributed by atoms with van der Waals surface area (Å²) in [6.07, 6.45) is 0.825. The number of nitrogens with zero attached hydrogens (tertiary/aromatic N) is 3. The Morgan fingerprint density at radius 1 is 1.21 bits per heavy atom. The molecule has 0 unspecified atom stereocenters. The number of hydrogen-bond donors (Lipinski definition) is 1. The summed E-state index contributed by atoms with van der Waals surface area (Å²) in [5.41, 5.74) is 5.06. The van der Waals surface area contributed by atoms with Crippen molar-refractivity contribution in [2.24, 2.45) is 0 Å². The molecule has 8 heteroatoms. The molecule has 3 heterocycles. The maximum atomic E-state index is 13.5. The maximum absolute atomic E-state index is 13.5. The second-order valence-corrected chi connectivity index (χ2v) is 9.72. The number of carbonyl (C=O) groups excluding carboxylic acids is 1. The van der Waals surface area contributed by atoms with Crippen LogP contribution in [0.25, 0.3) is 0 Å². The molecule has 2 aliphatic rings. The largest absolute Gasteiger partial charge is 0.494 e. The zero-order valence-corrected chi connectivity index (χ0v) is 22.4. The zero-order valence-electron chi connectivity index (χ0n) is 20.7. The number of methoxy groups -OCH3 is 1. The molecule has 4 rings (SSSR count). The van der Waals surface area contributed by atoms with E-state index in [1.165, 1.54) is 0 Å². The lowest BCUT2D eigenvalue weighted by Gasteiger charge is -2.33. The van der Waals surface area contributed by atoms with E-state index < -0.39 is 0 Å². The Bertz CT molecular complexity index is 1070. The van der Waals surface area contributed by atoms with Crippen molar-refractivity contribution >= 4 is 34.3 Å². The number of aromatic nitrogens is 1. The second kappa shape index (κ2) is 10.4. The van der Waals surface area contributed by atoms with Crippen LogP contribution in [0.3, 0.4) is 0 Å². The maximum Gasteiger partial charge on any atom is 0.182 e. The Balaban J connectivity index is 0.00000324. The number of hydrogen-bond acceptors (Lipinski definition) is 6. The first-order valence-electron chi connectivity index (χ1n) is 11.6. The van der Waals surface area contributed by atoms with E-state index in [-0.39, 0.29) is 34.7 Å². The molecule has 184 valence electrons. The normalized spacial score (nSPS) is 15.7. The van der Waals surface area contributed by atoms with Gasteiger partial charge in [-0.15, -0.1) is 17.0 Å². The van der Waals surface area contributed by atoms with Crippen molar-refractivity contribution in [2.75, 3.05) is 44.9 Å². The molecule has 1 N–H and O–H groups in total. The van der Waals surface area contributed by atoms with Gasteiger partial charge in [-0.05, 0) is 30.0 Å². The Morgan fingerprint density at radius 2 is 1.91 bits per heavy atom. The molecule has 0 aliphatic carbocycles. The van der Waals surface area contributed by atoms with Crippen molar-refractivity contribution < 1.29 is 14.3 Å². The van der Waals surface area contributed by atoms with Crippen molar-refractivity contribution in [1.29, 1.82) is 5.41 Å². The SMILES string of the molecule is Br.CCc1ccc2c(n1)C(=N)N(CC(=O)c1cc(N3CCOCC3)c(OC)c(C(C)(C)C)c1)C2. The van der Waals surface area contributed by atoms with E-state index in [1.54, 1.807) is 7.11 Å². The Hall–Kier alpha value is -2.45. The molecule has 0 amide bonds. The predicted octanol–water partition coefficient (Wildman–Crippen LogP) is 4.39. The number of anilines is 1. The number of ketones is 1. The van der Waals surface area contributed by atoms with Gasteiger partial charge in [0.2, 0.25) is 0 Å². The van der Waals surface area contributed by atoms with E-state index in [1.807, 2.05) is 29.2 Å². The van der Waals surface area contributed by atoms with Gasteiger partial charge in [0, 0.05) is 42.0 Å². The van der Waals surface area contributed by atoms with Gasteiger partial charge in [-0.3, -0.25) is 10.2 Å². The minimum Gasteiger partial charge on any atom is -0.494 e. The first-order valence-corrected chi connectivity index (χ1v) is 11.6. The molecule has 0 spiro atoms. The first kappa shape index (κ1) is 26.2. The molecule has 1 fully saturated rings. The number of pyridine rings is 1. The van der Waals surface area contributed by atoms with Gasteiger partial charge in [-0.25, -0.2) is 4.98 Å². The lowest BCUT2D eigenvalue weighted by atomic mass is 9.84. The summed E-state index contributed by atoms with van der Waals surface area (Å²) in [4.78, 5) is 22.2. The number of morpholine rings is 1. The van der Waals surface area contributed by atoms with Crippen molar-refractivity contribution in [3.05, 3.63) is 52.3 Å².